The van der Waals surface area contributed by atoms with E-state index in [9.17, 15) is 13.2 Å². The Hall–Kier alpha value is -3.07. The lowest BCUT2D eigenvalue weighted by Gasteiger charge is -2.07. The zero-order chi connectivity index (χ0) is 17.9. The summed E-state index contributed by atoms with van der Waals surface area (Å²) in [6, 6.07) is 9.27. The molecule has 0 aliphatic rings. The molecule has 0 atom stereocenters. The number of amides is 1. The molecular formula is C16H14N4O4S. The lowest BCUT2D eigenvalue weighted by Crippen LogP contribution is -2.17. The number of hydrogen-bond donors (Lipinski definition) is 1. The standard InChI is InChI=1S/C16H14N4O4S/c1-2-25(22,23)13-8-4-3-7-12(13)14(21)18-16-20-19-15(24-16)11-6-5-9-17-10-11/h3-10H,2H2,1H3,(H,18,20,21). The molecule has 3 rings (SSSR count). The Kier molecular flexibility index (Phi) is 4.57. The highest BCUT2D eigenvalue weighted by atomic mass is 32.2. The van der Waals surface area contributed by atoms with E-state index in [-0.39, 0.29) is 28.1 Å². The number of pyridine rings is 1. The van der Waals surface area contributed by atoms with Crippen LogP contribution in [-0.4, -0.2) is 35.3 Å². The number of rotatable bonds is 5. The van der Waals surface area contributed by atoms with Crippen molar-refractivity contribution in [2.45, 2.75) is 11.8 Å². The molecule has 0 aliphatic heterocycles. The van der Waals surface area contributed by atoms with Gasteiger partial charge >= 0.3 is 6.01 Å². The highest BCUT2D eigenvalue weighted by molar-refractivity contribution is 7.91. The van der Waals surface area contributed by atoms with E-state index in [1.165, 1.54) is 19.1 Å². The molecule has 1 aromatic carbocycles. The average Bonchev–Trinajstić information content (AvgIpc) is 3.11. The summed E-state index contributed by atoms with van der Waals surface area (Å²) in [6.07, 6.45) is 3.15. The molecule has 3 aromatic rings. The first kappa shape index (κ1) is 16.8. The molecule has 0 aliphatic carbocycles. The fourth-order valence-electron chi connectivity index (χ4n) is 2.13. The molecule has 0 fully saturated rings. The number of nitrogens with zero attached hydrogens (tertiary/aromatic N) is 3. The van der Waals surface area contributed by atoms with Crippen LogP contribution in [0.15, 0.2) is 58.1 Å². The molecule has 9 heteroatoms. The van der Waals surface area contributed by atoms with Crippen LogP contribution in [0.2, 0.25) is 0 Å². The second-order valence-corrected chi connectivity index (χ2v) is 7.25. The average molecular weight is 358 g/mol. The predicted molar refractivity (Wildman–Crippen MR) is 89.7 cm³/mol. The summed E-state index contributed by atoms with van der Waals surface area (Å²) < 4.78 is 29.6. The minimum Gasteiger partial charge on any atom is -0.403 e. The molecule has 128 valence electrons. The Balaban J connectivity index is 1.86. The lowest BCUT2D eigenvalue weighted by molar-refractivity contribution is 0.102. The number of carbonyl (C=O) groups excluding carboxylic acids is 1. The van der Waals surface area contributed by atoms with Gasteiger partial charge in [-0.25, -0.2) is 8.42 Å². The van der Waals surface area contributed by atoms with E-state index < -0.39 is 15.7 Å². The monoisotopic (exact) mass is 358 g/mol. The summed E-state index contributed by atoms with van der Waals surface area (Å²) in [4.78, 5) is 16.3. The molecule has 8 nitrogen and oxygen atoms in total. The zero-order valence-electron chi connectivity index (χ0n) is 13.2. The van der Waals surface area contributed by atoms with Crippen molar-refractivity contribution < 1.29 is 17.6 Å². The van der Waals surface area contributed by atoms with Crippen LogP contribution in [0.3, 0.4) is 0 Å². The lowest BCUT2D eigenvalue weighted by atomic mass is 10.2. The third kappa shape index (κ3) is 3.56. The Morgan fingerprint density at radius 1 is 1.16 bits per heavy atom. The third-order valence-electron chi connectivity index (χ3n) is 3.40. The van der Waals surface area contributed by atoms with Gasteiger partial charge in [0.1, 0.15) is 0 Å². The van der Waals surface area contributed by atoms with Gasteiger partial charge in [0.25, 0.3) is 11.8 Å². The molecule has 2 heterocycles. The topological polar surface area (TPSA) is 115 Å². The van der Waals surface area contributed by atoms with Gasteiger partial charge < -0.3 is 4.42 Å². The normalized spacial score (nSPS) is 11.2. The van der Waals surface area contributed by atoms with Crippen molar-refractivity contribution in [2.24, 2.45) is 0 Å². The summed E-state index contributed by atoms with van der Waals surface area (Å²) in [7, 11) is -3.54. The largest absolute Gasteiger partial charge is 0.403 e. The van der Waals surface area contributed by atoms with Gasteiger partial charge in [-0.1, -0.05) is 24.2 Å². The zero-order valence-corrected chi connectivity index (χ0v) is 14.0. The van der Waals surface area contributed by atoms with Gasteiger partial charge in [-0.05, 0) is 24.3 Å². The number of sulfone groups is 1. The van der Waals surface area contributed by atoms with Crippen molar-refractivity contribution in [3.05, 3.63) is 54.4 Å². The second-order valence-electron chi connectivity index (χ2n) is 5.01. The van der Waals surface area contributed by atoms with E-state index in [1.807, 2.05) is 0 Å². The van der Waals surface area contributed by atoms with E-state index >= 15 is 0 Å². The molecule has 25 heavy (non-hydrogen) atoms. The van der Waals surface area contributed by atoms with Gasteiger partial charge in [0, 0.05) is 12.4 Å². The van der Waals surface area contributed by atoms with Gasteiger partial charge in [-0.15, -0.1) is 5.10 Å². The summed E-state index contributed by atoms with van der Waals surface area (Å²) in [6.45, 7) is 1.52. The van der Waals surface area contributed by atoms with Crippen LogP contribution in [0.25, 0.3) is 11.5 Å². The maximum Gasteiger partial charge on any atom is 0.322 e. The fraction of sp³-hybridized carbons (Fsp3) is 0.125. The summed E-state index contributed by atoms with van der Waals surface area (Å²) in [5, 5.41) is 10.00. The van der Waals surface area contributed by atoms with Crippen LogP contribution < -0.4 is 5.32 Å². The molecule has 0 saturated carbocycles. The Bertz CT molecular complexity index is 1000. The van der Waals surface area contributed by atoms with Gasteiger partial charge in [-0.2, -0.15) is 0 Å². The van der Waals surface area contributed by atoms with Crippen molar-refractivity contribution in [1.82, 2.24) is 15.2 Å². The number of benzene rings is 1. The Morgan fingerprint density at radius 2 is 1.96 bits per heavy atom. The van der Waals surface area contributed by atoms with E-state index in [1.54, 1.807) is 36.7 Å². The minimum atomic E-state index is -3.54. The summed E-state index contributed by atoms with van der Waals surface area (Å²) in [5.41, 5.74) is 0.620. The van der Waals surface area contributed by atoms with Crippen LogP contribution in [0, 0.1) is 0 Å². The highest BCUT2D eigenvalue weighted by Crippen LogP contribution is 2.21. The van der Waals surface area contributed by atoms with E-state index in [4.69, 9.17) is 4.42 Å². The molecule has 0 radical (unpaired) electrons. The van der Waals surface area contributed by atoms with Crippen molar-refractivity contribution >= 4 is 21.8 Å². The van der Waals surface area contributed by atoms with Gasteiger partial charge in [-0.3, -0.25) is 15.1 Å². The van der Waals surface area contributed by atoms with Gasteiger partial charge in [0.2, 0.25) is 0 Å². The number of hydrogen-bond acceptors (Lipinski definition) is 7. The maximum absolute atomic E-state index is 12.4. The minimum absolute atomic E-state index is 0.0190. The smallest absolute Gasteiger partial charge is 0.322 e. The third-order valence-corrected chi connectivity index (χ3v) is 5.19. The fourth-order valence-corrected chi connectivity index (χ4v) is 3.22. The quantitative estimate of drug-likeness (QED) is 0.743. The molecule has 1 amide bonds. The van der Waals surface area contributed by atoms with E-state index in [2.05, 4.69) is 20.5 Å². The first-order valence-electron chi connectivity index (χ1n) is 7.38. The number of carbonyl (C=O) groups is 1. The number of anilines is 1. The number of nitrogens with one attached hydrogen (secondary N) is 1. The molecule has 0 bridgehead atoms. The van der Waals surface area contributed by atoms with Crippen molar-refractivity contribution in [3.63, 3.8) is 0 Å². The maximum atomic E-state index is 12.4. The van der Waals surface area contributed by atoms with E-state index in [0.29, 0.717) is 5.56 Å². The SMILES string of the molecule is CCS(=O)(=O)c1ccccc1C(=O)Nc1nnc(-c2cccnc2)o1. The molecule has 1 N–H and O–H groups in total. The molecular weight excluding hydrogens is 344 g/mol. The van der Waals surface area contributed by atoms with E-state index in [0.717, 1.165) is 0 Å². The Labute approximate surface area is 143 Å². The number of aromatic nitrogens is 3. The van der Waals surface area contributed by atoms with Crippen LogP contribution in [0.5, 0.6) is 0 Å². The van der Waals surface area contributed by atoms with Gasteiger partial charge in [0.05, 0.1) is 21.8 Å². The first-order valence-corrected chi connectivity index (χ1v) is 9.03. The summed E-state index contributed by atoms with van der Waals surface area (Å²) >= 11 is 0. The van der Waals surface area contributed by atoms with Crippen LogP contribution >= 0.6 is 0 Å². The molecule has 2 aromatic heterocycles. The molecule has 0 unspecified atom stereocenters. The first-order chi connectivity index (χ1) is 12.0. The van der Waals surface area contributed by atoms with Crippen LogP contribution in [0.1, 0.15) is 17.3 Å². The molecule has 0 spiro atoms. The highest BCUT2D eigenvalue weighted by Gasteiger charge is 2.22. The van der Waals surface area contributed by atoms with Crippen molar-refractivity contribution in [1.29, 1.82) is 0 Å². The predicted octanol–water partition coefficient (Wildman–Crippen LogP) is 2.18. The van der Waals surface area contributed by atoms with Crippen molar-refractivity contribution in [2.75, 3.05) is 11.1 Å². The van der Waals surface area contributed by atoms with Crippen LogP contribution in [-0.2, 0) is 9.84 Å². The van der Waals surface area contributed by atoms with Gasteiger partial charge in [0.15, 0.2) is 9.84 Å². The second kappa shape index (κ2) is 6.81. The Morgan fingerprint density at radius 3 is 2.68 bits per heavy atom. The van der Waals surface area contributed by atoms with Crippen molar-refractivity contribution in [3.8, 4) is 11.5 Å². The molecule has 0 saturated heterocycles. The van der Waals surface area contributed by atoms with Crippen LogP contribution in [0.4, 0.5) is 6.01 Å². The summed E-state index contributed by atoms with van der Waals surface area (Å²) in [5.74, 6) is -0.560.